The number of aliphatic hydroxyl groups is 1. The van der Waals surface area contributed by atoms with E-state index in [4.69, 9.17) is 4.74 Å². The molecular weight excluding hydrogens is 333 g/mol. The van der Waals surface area contributed by atoms with Gasteiger partial charge in [-0.15, -0.1) is 0 Å². The lowest BCUT2D eigenvalue weighted by Gasteiger charge is -2.29. The number of pyridine rings is 1. The van der Waals surface area contributed by atoms with Gasteiger partial charge in [0.1, 0.15) is 24.8 Å². The zero-order valence-corrected chi connectivity index (χ0v) is 15.1. The molecule has 1 aliphatic heterocycles. The van der Waals surface area contributed by atoms with Crippen LogP contribution in [0.15, 0.2) is 48.7 Å². The molecule has 0 amide bonds. The minimum absolute atomic E-state index is 0.0824. The number of alkyl halides is 1. The lowest BCUT2D eigenvalue weighted by atomic mass is 10.0. The van der Waals surface area contributed by atoms with Crippen molar-refractivity contribution in [2.75, 3.05) is 44.9 Å². The smallest absolute Gasteiger partial charge is 0.128 e. The average molecular weight is 359 g/mol. The molecule has 0 unspecified atom stereocenters. The van der Waals surface area contributed by atoms with E-state index < -0.39 is 12.3 Å². The highest BCUT2D eigenvalue weighted by Crippen LogP contribution is 2.26. The fourth-order valence-electron chi connectivity index (χ4n) is 3.44. The summed E-state index contributed by atoms with van der Waals surface area (Å²) >= 11 is 0. The zero-order chi connectivity index (χ0) is 18.4. The van der Waals surface area contributed by atoms with Gasteiger partial charge in [0.15, 0.2) is 0 Å². The van der Waals surface area contributed by atoms with Crippen LogP contribution in [0.1, 0.15) is 12.0 Å². The van der Waals surface area contributed by atoms with E-state index in [2.05, 4.69) is 14.8 Å². The largest absolute Gasteiger partial charge is 0.491 e. The Kier molecular flexibility index (Phi) is 6.06. The van der Waals surface area contributed by atoms with Crippen LogP contribution in [0.2, 0.25) is 0 Å². The molecule has 2 heterocycles. The lowest BCUT2D eigenvalue weighted by Crippen LogP contribution is -2.43. The summed E-state index contributed by atoms with van der Waals surface area (Å²) in [7, 11) is 2.01. The number of hydrogen-bond donors (Lipinski definition) is 1. The summed E-state index contributed by atoms with van der Waals surface area (Å²) < 4.78 is 17.4. The number of β-amino-alcohol motifs (C(OH)–C–C–N with tert-alkyl or cyclic N) is 1. The van der Waals surface area contributed by atoms with Gasteiger partial charge in [0.2, 0.25) is 0 Å². The number of rotatable bonds is 8. The van der Waals surface area contributed by atoms with E-state index in [0.29, 0.717) is 18.8 Å². The van der Waals surface area contributed by atoms with E-state index in [0.717, 1.165) is 30.9 Å². The average Bonchev–Trinajstić information content (AvgIpc) is 3.03. The molecule has 0 spiro atoms. The van der Waals surface area contributed by atoms with Crippen molar-refractivity contribution in [1.82, 2.24) is 9.88 Å². The SMILES string of the molecule is CN(Cc1ccc(OCCF)cc1)C[C@]1(O)CCN(c2ccccn2)C1. The summed E-state index contributed by atoms with van der Waals surface area (Å²) in [6.45, 7) is 2.32. The summed E-state index contributed by atoms with van der Waals surface area (Å²) in [5.41, 5.74) is 0.388. The number of ether oxygens (including phenoxy) is 1. The van der Waals surface area contributed by atoms with Crippen molar-refractivity contribution >= 4 is 5.82 Å². The normalized spacial score (nSPS) is 19.9. The Bertz CT molecular complexity index is 683. The van der Waals surface area contributed by atoms with Crippen LogP contribution in [0.5, 0.6) is 5.75 Å². The standard InChI is InChI=1S/C20H26FN3O2/c1-23(14-17-5-7-18(8-6-17)26-13-10-21)15-20(25)9-12-24(16-20)19-4-2-3-11-22-19/h2-8,11,25H,9-10,12-16H2,1H3/t20-/m1/s1. The van der Waals surface area contributed by atoms with Crippen LogP contribution in [0, 0.1) is 0 Å². The monoisotopic (exact) mass is 359 g/mol. The first kappa shape index (κ1) is 18.6. The number of aromatic nitrogens is 1. The highest BCUT2D eigenvalue weighted by molar-refractivity contribution is 5.40. The molecule has 5 nitrogen and oxygen atoms in total. The van der Waals surface area contributed by atoms with Gasteiger partial charge in [-0.25, -0.2) is 9.37 Å². The number of halogens is 1. The Hall–Kier alpha value is -2.18. The second-order valence-corrected chi connectivity index (χ2v) is 6.94. The third-order valence-corrected chi connectivity index (χ3v) is 4.59. The van der Waals surface area contributed by atoms with Crippen molar-refractivity contribution in [3.63, 3.8) is 0 Å². The van der Waals surface area contributed by atoms with Gasteiger partial charge in [-0.2, -0.15) is 0 Å². The predicted molar refractivity (Wildman–Crippen MR) is 100 cm³/mol. The van der Waals surface area contributed by atoms with Crippen molar-refractivity contribution in [3.8, 4) is 5.75 Å². The first-order chi connectivity index (χ1) is 12.6. The van der Waals surface area contributed by atoms with Gasteiger partial charge >= 0.3 is 0 Å². The predicted octanol–water partition coefficient (Wildman–Crippen LogP) is 2.50. The fraction of sp³-hybridized carbons (Fsp3) is 0.450. The van der Waals surface area contributed by atoms with Crippen LogP contribution >= 0.6 is 0 Å². The molecule has 140 valence electrons. The highest BCUT2D eigenvalue weighted by Gasteiger charge is 2.37. The van der Waals surface area contributed by atoms with Gasteiger partial charge in [0, 0.05) is 32.4 Å². The molecule has 1 saturated heterocycles. The van der Waals surface area contributed by atoms with Crippen LogP contribution in [-0.4, -0.2) is 60.6 Å². The Balaban J connectivity index is 1.52. The molecule has 1 aromatic carbocycles. The summed E-state index contributed by atoms with van der Waals surface area (Å²) in [5.74, 6) is 1.59. The molecule has 1 atom stereocenters. The zero-order valence-electron chi connectivity index (χ0n) is 15.1. The molecule has 0 saturated carbocycles. The molecule has 0 aliphatic carbocycles. The molecule has 1 fully saturated rings. The van der Waals surface area contributed by atoms with E-state index in [1.807, 2.05) is 49.5 Å². The van der Waals surface area contributed by atoms with E-state index in [1.54, 1.807) is 6.20 Å². The highest BCUT2D eigenvalue weighted by atomic mass is 19.1. The minimum atomic E-state index is -0.740. The summed E-state index contributed by atoms with van der Waals surface area (Å²) in [5, 5.41) is 10.9. The summed E-state index contributed by atoms with van der Waals surface area (Å²) in [6.07, 6.45) is 2.50. The van der Waals surface area contributed by atoms with Crippen LogP contribution in [0.25, 0.3) is 0 Å². The number of benzene rings is 1. The Morgan fingerprint density at radius 2 is 2.08 bits per heavy atom. The third kappa shape index (κ3) is 4.93. The van der Waals surface area contributed by atoms with Gasteiger partial charge < -0.3 is 14.7 Å². The molecule has 0 radical (unpaired) electrons. The van der Waals surface area contributed by atoms with Crippen molar-refractivity contribution in [2.45, 2.75) is 18.6 Å². The van der Waals surface area contributed by atoms with Gasteiger partial charge in [-0.05, 0) is 43.3 Å². The summed E-state index contributed by atoms with van der Waals surface area (Å²) in [4.78, 5) is 8.62. The van der Waals surface area contributed by atoms with Crippen LogP contribution < -0.4 is 9.64 Å². The maximum absolute atomic E-state index is 12.1. The number of likely N-dealkylation sites (N-methyl/N-ethyl adjacent to an activating group) is 1. The molecule has 0 bridgehead atoms. The minimum Gasteiger partial charge on any atom is -0.491 e. The third-order valence-electron chi connectivity index (χ3n) is 4.59. The fourth-order valence-corrected chi connectivity index (χ4v) is 3.44. The van der Waals surface area contributed by atoms with E-state index >= 15 is 0 Å². The lowest BCUT2D eigenvalue weighted by molar-refractivity contribution is 0.0279. The van der Waals surface area contributed by atoms with E-state index in [-0.39, 0.29) is 6.61 Å². The molecule has 26 heavy (non-hydrogen) atoms. The Morgan fingerprint density at radius 3 is 2.77 bits per heavy atom. The van der Waals surface area contributed by atoms with Crippen LogP contribution in [-0.2, 0) is 6.54 Å². The van der Waals surface area contributed by atoms with Crippen LogP contribution in [0.3, 0.4) is 0 Å². The second-order valence-electron chi connectivity index (χ2n) is 6.94. The maximum atomic E-state index is 12.1. The Morgan fingerprint density at radius 1 is 1.27 bits per heavy atom. The number of nitrogens with zero attached hydrogens (tertiary/aromatic N) is 3. The molecular formula is C20H26FN3O2. The van der Waals surface area contributed by atoms with Crippen molar-refractivity contribution < 1.29 is 14.2 Å². The van der Waals surface area contributed by atoms with Crippen LogP contribution in [0.4, 0.5) is 10.2 Å². The molecule has 1 N–H and O–H groups in total. The topological polar surface area (TPSA) is 48.8 Å². The number of hydrogen-bond acceptors (Lipinski definition) is 5. The molecule has 2 aromatic rings. The molecule has 3 rings (SSSR count). The van der Waals surface area contributed by atoms with E-state index in [1.165, 1.54) is 0 Å². The second kappa shape index (κ2) is 8.47. The quantitative estimate of drug-likeness (QED) is 0.785. The van der Waals surface area contributed by atoms with Gasteiger partial charge in [0.25, 0.3) is 0 Å². The molecule has 1 aliphatic rings. The van der Waals surface area contributed by atoms with Crippen molar-refractivity contribution in [2.24, 2.45) is 0 Å². The van der Waals surface area contributed by atoms with Gasteiger partial charge in [-0.3, -0.25) is 4.90 Å². The first-order valence-electron chi connectivity index (χ1n) is 8.93. The molecule has 1 aromatic heterocycles. The summed E-state index contributed by atoms with van der Waals surface area (Å²) in [6, 6.07) is 13.5. The van der Waals surface area contributed by atoms with E-state index in [9.17, 15) is 9.50 Å². The number of anilines is 1. The van der Waals surface area contributed by atoms with Crippen molar-refractivity contribution in [1.29, 1.82) is 0 Å². The first-order valence-corrected chi connectivity index (χ1v) is 8.93. The Labute approximate surface area is 154 Å². The van der Waals surface area contributed by atoms with Gasteiger partial charge in [0.05, 0.1) is 5.60 Å². The van der Waals surface area contributed by atoms with Crippen molar-refractivity contribution in [3.05, 3.63) is 54.2 Å². The van der Waals surface area contributed by atoms with Gasteiger partial charge in [-0.1, -0.05) is 18.2 Å². The molecule has 6 heteroatoms. The maximum Gasteiger partial charge on any atom is 0.128 e.